The molecule has 2 heterocycles. The Morgan fingerprint density at radius 3 is 2.72 bits per heavy atom. The van der Waals surface area contributed by atoms with E-state index in [1.54, 1.807) is 11.1 Å². The summed E-state index contributed by atoms with van der Waals surface area (Å²) in [4.78, 5) is 18.2. The van der Waals surface area contributed by atoms with E-state index in [4.69, 9.17) is 4.74 Å². The quantitative estimate of drug-likeness (QED) is 0.798. The molecule has 1 aromatic heterocycles. The third-order valence-electron chi connectivity index (χ3n) is 4.37. The Morgan fingerprint density at radius 1 is 1.08 bits per heavy atom. The molecule has 0 bridgehead atoms. The smallest absolute Gasteiger partial charge is 0.317 e. The van der Waals surface area contributed by atoms with Crippen LogP contribution in [-0.2, 0) is 6.54 Å². The molecule has 5 nitrogen and oxygen atoms in total. The lowest BCUT2D eigenvalue weighted by Crippen LogP contribution is -2.58. The average molecular weight is 333 g/mol. The first-order valence-corrected chi connectivity index (χ1v) is 8.37. The molecule has 3 aromatic rings. The molecule has 2 amide bonds. The minimum absolute atomic E-state index is 0.0122. The number of amides is 2. The molecule has 0 atom stereocenters. The Labute approximate surface area is 146 Å². The van der Waals surface area contributed by atoms with Crippen LogP contribution in [0, 0.1) is 0 Å². The van der Waals surface area contributed by atoms with Crippen molar-refractivity contribution >= 4 is 16.8 Å². The van der Waals surface area contributed by atoms with Gasteiger partial charge in [0, 0.05) is 18.8 Å². The van der Waals surface area contributed by atoms with Gasteiger partial charge < -0.3 is 15.0 Å². The number of likely N-dealkylation sites (tertiary alicyclic amines) is 1. The van der Waals surface area contributed by atoms with Crippen molar-refractivity contribution in [3.63, 3.8) is 0 Å². The number of nitrogens with zero attached hydrogens (tertiary/aromatic N) is 2. The number of rotatable bonds is 4. The van der Waals surface area contributed by atoms with Crippen LogP contribution in [-0.4, -0.2) is 35.1 Å². The zero-order valence-electron chi connectivity index (χ0n) is 13.8. The van der Waals surface area contributed by atoms with Crippen LogP contribution < -0.4 is 10.1 Å². The topological polar surface area (TPSA) is 54.5 Å². The van der Waals surface area contributed by atoms with Crippen molar-refractivity contribution < 1.29 is 9.53 Å². The largest absolute Gasteiger partial charge is 0.471 e. The fraction of sp³-hybridized carbons (Fsp3) is 0.200. The number of carbonyl (C=O) groups excluding carboxylic acids is 1. The molecule has 4 rings (SSSR count). The molecule has 1 aliphatic heterocycles. The number of ether oxygens (including phenoxy) is 1. The molecule has 0 radical (unpaired) electrons. The Morgan fingerprint density at radius 2 is 1.88 bits per heavy atom. The van der Waals surface area contributed by atoms with Crippen LogP contribution >= 0.6 is 0 Å². The van der Waals surface area contributed by atoms with E-state index in [1.807, 2.05) is 42.5 Å². The van der Waals surface area contributed by atoms with Gasteiger partial charge in [0.05, 0.1) is 13.1 Å². The molecule has 5 heteroatoms. The maximum atomic E-state index is 12.3. The number of hydrogen-bond donors (Lipinski definition) is 1. The molecule has 1 aliphatic rings. The van der Waals surface area contributed by atoms with Crippen LogP contribution in [0.4, 0.5) is 4.79 Å². The van der Waals surface area contributed by atoms with E-state index in [0.29, 0.717) is 25.5 Å². The van der Waals surface area contributed by atoms with E-state index in [9.17, 15) is 4.79 Å². The number of urea groups is 1. The van der Waals surface area contributed by atoms with Crippen molar-refractivity contribution in [2.24, 2.45) is 0 Å². The lowest BCUT2D eigenvalue weighted by atomic mass is 10.0. The SMILES string of the molecule is O=C(NCc1cccc2ccccc12)N1CC(Oc2ccccn2)C1. The highest BCUT2D eigenvalue weighted by atomic mass is 16.5. The Kier molecular flexibility index (Phi) is 4.21. The zero-order chi connectivity index (χ0) is 17.1. The summed E-state index contributed by atoms with van der Waals surface area (Å²) in [7, 11) is 0. The number of benzene rings is 2. The second-order valence-electron chi connectivity index (χ2n) is 6.11. The summed E-state index contributed by atoms with van der Waals surface area (Å²) in [6.07, 6.45) is 1.71. The van der Waals surface area contributed by atoms with E-state index in [0.717, 1.165) is 5.56 Å². The summed E-state index contributed by atoms with van der Waals surface area (Å²) in [6.45, 7) is 1.68. The predicted molar refractivity (Wildman–Crippen MR) is 96.4 cm³/mol. The van der Waals surface area contributed by atoms with Gasteiger partial charge >= 0.3 is 6.03 Å². The number of hydrogen-bond acceptors (Lipinski definition) is 3. The zero-order valence-corrected chi connectivity index (χ0v) is 13.8. The fourth-order valence-corrected chi connectivity index (χ4v) is 3.00. The normalized spacial score (nSPS) is 14.2. The molecule has 0 saturated carbocycles. The fourth-order valence-electron chi connectivity index (χ4n) is 3.00. The van der Waals surface area contributed by atoms with Gasteiger partial charge in [-0.05, 0) is 22.4 Å². The molecule has 25 heavy (non-hydrogen) atoms. The van der Waals surface area contributed by atoms with Crippen molar-refractivity contribution in [3.05, 3.63) is 72.4 Å². The second-order valence-corrected chi connectivity index (χ2v) is 6.11. The van der Waals surface area contributed by atoms with Crippen LogP contribution in [0.25, 0.3) is 10.8 Å². The summed E-state index contributed by atoms with van der Waals surface area (Å²) in [6, 6.07) is 19.8. The summed E-state index contributed by atoms with van der Waals surface area (Å²) in [5.41, 5.74) is 1.12. The molecule has 126 valence electrons. The Balaban J connectivity index is 1.30. The van der Waals surface area contributed by atoms with Gasteiger partial charge in [-0.3, -0.25) is 0 Å². The molecule has 0 unspecified atom stereocenters. The van der Waals surface area contributed by atoms with E-state index in [1.165, 1.54) is 10.8 Å². The Bertz CT molecular complexity index is 871. The standard InChI is InChI=1S/C20H19N3O2/c24-20(23-13-17(14-23)25-19-10-3-4-11-21-19)22-12-16-8-5-7-15-6-1-2-9-18(15)16/h1-11,17H,12-14H2,(H,22,24). The first kappa shape index (κ1) is 15.4. The number of aromatic nitrogens is 1. The molecule has 2 aromatic carbocycles. The molecular weight excluding hydrogens is 314 g/mol. The molecule has 1 N–H and O–H groups in total. The third kappa shape index (κ3) is 3.40. The monoisotopic (exact) mass is 333 g/mol. The summed E-state index contributed by atoms with van der Waals surface area (Å²) in [5, 5.41) is 5.35. The van der Waals surface area contributed by atoms with Crippen molar-refractivity contribution in [2.45, 2.75) is 12.6 Å². The second kappa shape index (κ2) is 6.81. The van der Waals surface area contributed by atoms with Gasteiger partial charge in [0.15, 0.2) is 0 Å². The van der Waals surface area contributed by atoms with Crippen molar-refractivity contribution in [2.75, 3.05) is 13.1 Å². The van der Waals surface area contributed by atoms with Crippen molar-refractivity contribution in [3.8, 4) is 5.88 Å². The number of fused-ring (bicyclic) bond motifs is 1. The van der Waals surface area contributed by atoms with Gasteiger partial charge in [0.2, 0.25) is 5.88 Å². The van der Waals surface area contributed by atoms with Gasteiger partial charge in [-0.15, -0.1) is 0 Å². The third-order valence-corrected chi connectivity index (χ3v) is 4.37. The van der Waals surface area contributed by atoms with Gasteiger partial charge in [-0.2, -0.15) is 0 Å². The highest BCUT2D eigenvalue weighted by molar-refractivity contribution is 5.86. The van der Waals surface area contributed by atoms with Gasteiger partial charge in [-0.25, -0.2) is 9.78 Å². The maximum Gasteiger partial charge on any atom is 0.317 e. The number of pyridine rings is 1. The van der Waals surface area contributed by atoms with E-state index in [-0.39, 0.29) is 12.1 Å². The minimum Gasteiger partial charge on any atom is -0.471 e. The van der Waals surface area contributed by atoms with Gasteiger partial charge in [0.1, 0.15) is 6.10 Å². The van der Waals surface area contributed by atoms with E-state index >= 15 is 0 Å². The lowest BCUT2D eigenvalue weighted by molar-refractivity contribution is 0.0413. The molecule has 1 fully saturated rings. The maximum absolute atomic E-state index is 12.3. The van der Waals surface area contributed by atoms with Crippen LogP contribution in [0.2, 0.25) is 0 Å². The highest BCUT2D eigenvalue weighted by Crippen LogP contribution is 2.19. The molecular formula is C20H19N3O2. The van der Waals surface area contributed by atoms with Gasteiger partial charge in [-0.1, -0.05) is 48.5 Å². The number of nitrogens with one attached hydrogen (secondary N) is 1. The van der Waals surface area contributed by atoms with Crippen LogP contribution in [0.3, 0.4) is 0 Å². The summed E-state index contributed by atoms with van der Waals surface area (Å²) in [5.74, 6) is 0.600. The van der Waals surface area contributed by atoms with Crippen LogP contribution in [0.1, 0.15) is 5.56 Å². The highest BCUT2D eigenvalue weighted by Gasteiger charge is 2.32. The first-order valence-electron chi connectivity index (χ1n) is 8.37. The van der Waals surface area contributed by atoms with E-state index < -0.39 is 0 Å². The lowest BCUT2D eigenvalue weighted by Gasteiger charge is -2.38. The van der Waals surface area contributed by atoms with Crippen molar-refractivity contribution in [1.82, 2.24) is 15.2 Å². The summed E-state index contributed by atoms with van der Waals surface area (Å²) < 4.78 is 5.72. The minimum atomic E-state index is -0.0613. The number of carbonyl (C=O) groups is 1. The average Bonchev–Trinajstić information content (AvgIpc) is 2.63. The molecule has 0 aliphatic carbocycles. The van der Waals surface area contributed by atoms with E-state index in [2.05, 4.69) is 28.5 Å². The predicted octanol–water partition coefficient (Wildman–Crippen LogP) is 3.21. The summed E-state index contributed by atoms with van der Waals surface area (Å²) >= 11 is 0. The van der Waals surface area contributed by atoms with Crippen molar-refractivity contribution in [1.29, 1.82) is 0 Å². The van der Waals surface area contributed by atoms with Crippen LogP contribution in [0.5, 0.6) is 5.88 Å². The van der Waals surface area contributed by atoms with Crippen LogP contribution in [0.15, 0.2) is 66.9 Å². The van der Waals surface area contributed by atoms with Gasteiger partial charge in [0.25, 0.3) is 0 Å². The molecule has 1 saturated heterocycles. The Hall–Kier alpha value is -3.08. The first-order chi connectivity index (χ1) is 12.3. The molecule has 0 spiro atoms.